The minimum Gasteiger partial charge on any atom is -0.456 e. The van der Waals surface area contributed by atoms with Crippen LogP contribution < -0.4 is 10.6 Å². The van der Waals surface area contributed by atoms with Crippen LogP contribution in [0.15, 0.2) is 48.5 Å². The summed E-state index contributed by atoms with van der Waals surface area (Å²) >= 11 is 0. The lowest BCUT2D eigenvalue weighted by Crippen LogP contribution is -2.22. The highest BCUT2D eigenvalue weighted by Gasteiger charge is 2.11. The summed E-state index contributed by atoms with van der Waals surface area (Å²) in [5.41, 5.74) is 1.23. The molecule has 2 amide bonds. The number of rotatable bonds is 7. The van der Waals surface area contributed by atoms with Gasteiger partial charge in [-0.25, -0.2) is 4.39 Å². The van der Waals surface area contributed by atoms with E-state index in [1.54, 1.807) is 36.4 Å². The van der Waals surface area contributed by atoms with Crippen molar-refractivity contribution in [2.24, 2.45) is 0 Å². The summed E-state index contributed by atoms with van der Waals surface area (Å²) in [6, 6.07) is 12.5. The highest BCUT2D eigenvalue weighted by atomic mass is 19.1. The summed E-state index contributed by atoms with van der Waals surface area (Å²) in [7, 11) is 1.51. The summed E-state index contributed by atoms with van der Waals surface area (Å²) in [6.45, 7) is -0.458. The van der Waals surface area contributed by atoms with Gasteiger partial charge in [-0.05, 0) is 36.2 Å². The van der Waals surface area contributed by atoms with Gasteiger partial charge in [-0.3, -0.25) is 14.4 Å². The van der Waals surface area contributed by atoms with Crippen LogP contribution in [0, 0.1) is 5.82 Å². The van der Waals surface area contributed by atoms with Crippen LogP contribution in [0.3, 0.4) is 0 Å². The largest absolute Gasteiger partial charge is 0.456 e. The zero-order valence-electron chi connectivity index (χ0n) is 14.3. The minimum atomic E-state index is -0.595. The molecule has 0 spiro atoms. The molecule has 0 heterocycles. The number of carbonyl (C=O) groups is 3. The third-order valence-electron chi connectivity index (χ3n) is 3.56. The van der Waals surface area contributed by atoms with E-state index in [1.807, 2.05) is 0 Å². The van der Waals surface area contributed by atoms with E-state index in [9.17, 15) is 18.8 Å². The molecule has 2 aromatic carbocycles. The van der Waals surface area contributed by atoms with Gasteiger partial charge in [-0.1, -0.05) is 24.3 Å². The van der Waals surface area contributed by atoms with E-state index < -0.39 is 18.5 Å². The third-order valence-corrected chi connectivity index (χ3v) is 3.56. The fourth-order valence-electron chi connectivity index (χ4n) is 2.24. The maximum atomic E-state index is 13.5. The number of ether oxygens (including phenoxy) is 1. The predicted molar refractivity (Wildman–Crippen MR) is 94.1 cm³/mol. The van der Waals surface area contributed by atoms with Crippen LogP contribution in [0.4, 0.5) is 10.1 Å². The first kappa shape index (κ1) is 19.1. The molecule has 26 heavy (non-hydrogen) atoms. The normalized spacial score (nSPS) is 10.1. The molecule has 136 valence electrons. The molecule has 0 radical (unpaired) electrons. The Morgan fingerprint density at radius 3 is 2.58 bits per heavy atom. The number of esters is 1. The summed E-state index contributed by atoms with van der Waals surface area (Å²) in [4.78, 5) is 35.1. The number of aryl methyl sites for hydroxylation is 1. The first-order valence-corrected chi connectivity index (χ1v) is 8.00. The van der Waals surface area contributed by atoms with Crippen LogP contribution in [0.1, 0.15) is 22.3 Å². The molecule has 2 N–H and O–H groups in total. The molecule has 0 aromatic heterocycles. The van der Waals surface area contributed by atoms with Crippen molar-refractivity contribution < 1.29 is 23.5 Å². The Bertz CT molecular complexity index is 808. The average Bonchev–Trinajstić information content (AvgIpc) is 2.65. The van der Waals surface area contributed by atoms with Gasteiger partial charge in [0.05, 0.1) is 0 Å². The monoisotopic (exact) mass is 358 g/mol. The third kappa shape index (κ3) is 5.70. The van der Waals surface area contributed by atoms with Gasteiger partial charge in [-0.15, -0.1) is 0 Å². The van der Waals surface area contributed by atoms with Gasteiger partial charge in [-0.2, -0.15) is 0 Å². The molecule has 0 saturated carbocycles. The van der Waals surface area contributed by atoms with E-state index in [0.29, 0.717) is 16.8 Å². The number of anilines is 1. The second-order valence-corrected chi connectivity index (χ2v) is 5.46. The van der Waals surface area contributed by atoms with Crippen LogP contribution in [-0.4, -0.2) is 31.4 Å². The Kier molecular flexibility index (Phi) is 6.84. The number of hydrogen-bond donors (Lipinski definition) is 2. The summed E-state index contributed by atoms with van der Waals surface area (Å²) in [5.74, 6) is -1.78. The molecular formula is C19H19FN2O4. The summed E-state index contributed by atoms with van der Waals surface area (Å²) in [5, 5.41) is 5.03. The maximum absolute atomic E-state index is 13.5. The molecule has 0 saturated heterocycles. The van der Waals surface area contributed by atoms with Crippen molar-refractivity contribution in [2.75, 3.05) is 19.0 Å². The van der Waals surface area contributed by atoms with Gasteiger partial charge in [0, 0.05) is 24.7 Å². The second kappa shape index (κ2) is 9.31. The van der Waals surface area contributed by atoms with Crippen LogP contribution in [0.2, 0.25) is 0 Å². The average molecular weight is 358 g/mol. The van der Waals surface area contributed by atoms with E-state index in [-0.39, 0.29) is 24.6 Å². The van der Waals surface area contributed by atoms with Gasteiger partial charge in [0.25, 0.3) is 11.8 Å². The van der Waals surface area contributed by atoms with Gasteiger partial charge >= 0.3 is 5.97 Å². The maximum Gasteiger partial charge on any atom is 0.306 e. The van der Waals surface area contributed by atoms with Crippen molar-refractivity contribution in [3.8, 4) is 0 Å². The minimum absolute atomic E-state index is 0.0274. The number of amides is 2. The van der Waals surface area contributed by atoms with E-state index in [2.05, 4.69) is 10.6 Å². The molecule has 0 atom stereocenters. The van der Waals surface area contributed by atoms with Crippen molar-refractivity contribution in [1.29, 1.82) is 0 Å². The zero-order chi connectivity index (χ0) is 18.9. The Labute approximate surface area is 150 Å². The van der Waals surface area contributed by atoms with E-state index in [0.717, 1.165) is 0 Å². The lowest BCUT2D eigenvalue weighted by atomic mass is 10.1. The molecule has 0 aliphatic heterocycles. The Morgan fingerprint density at radius 1 is 1.08 bits per heavy atom. The van der Waals surface area contributed by atoms with E-state index in [4.69, 9.17) is 4.74 Å². The van der Waals surface area contributed by atoms with Crippen LogP contribution >= 0.6 is 0 Å². The quantitative estimate of drug-likeness (QED) is 0.744. The van der Waals surface area contributed by atoms with Gasteiger partial charge < -0.3 is 15.4 Å². The Hall–Kier alpha value is -3.22. The highest BCUT2D eigenvalue weighted by molar-refractivity contribution is 5.97. The van der Waals surface area contributed by atoms with Crippen molar-refractivity contribution in [3.05, 3.63) is 65.5 Å². The molecule has 0 aliphatic rings. The van der Waals surface area contributed by atoms with Crippen molar-refractivity contribution in [2.45, 2.75) is 12.8 Å². The molecule has 2 rings (SSSR count). The Morgan fingerprint density at radius 2 is 1.85 bits per heavy atom. The lowest BCUT2D eigenvalue weighted by Gasteiger charge is -2.08. The number of halogens is 1. The SMILES string of the molecule is CNC(=O)c1cccc(NC(=O)COC(=O)CCc2ccccc2F)c1. The van der Waals surface area contributed by atoms with Crippen LogP contribution in [-0.2, 0) is 20.7 Å². The predicted octanol–water partition coefficient (Wildman–Crippen LogP) is 2.30. The molecule has 0 unspecified atom stereocenters. The fraction of sp³-hybridized carbons (Fsp3) is 0.211. The number of nitrogens with one attached hydrogen (secondary N) is 2. The first-order chi connectivity index (χ1) is 12.5. The molecular weight excluding hydrogens is 339 g/mol. The molecule has 0 bridgehead atoms. The van der Waals surface area contributed by atoms with Gasteiger partial charge in [0.2, 0.25) is 0 Å². The molecule has 2 aromatic rings. The zero-order valence-corrected chi connectivity index (χ0v) is 14.3. The van der Waals surface area contributed by atoms with Crippen LogP contribution in [0.25, 0.3) is 0 Å². The van der Waals surface area contributed by atoms with Gasteiger partial charge in [0.1, 0.15) is 5.82 Å². The molecule has 0 fully saturated rings. The smallest absolute Gasteiger partial charge is 0.306 e. The van der Waals surface area contributed by atoms with Gasteiger partial charge in [0.15, 0.2) is 6.61 Å². The first-order valence-electron chi connectivity index (χ1n) is 8.00. The summed E-state index contributed by atoms with van der Waals surface area (Å²) < 4.78 is 18.4. The molecule has 6 nitrogen and oxygen atoms in total. The van der Waals surface area contributed by atoms with E-state index >= 15 is 0 Å². The highest BCUT2D eigenvalue weighted by Crippen LogP contribution is 2.11. The van der Waals surface area contributed by atoms with E-state index in [1.165, 1.54) is 19.2 Å². The topological polar surface area (TPSA) is 84.5 Å². The summed E-state index contributed by atoms with van der Waals surface area (Å²) in [6.07, 6.45) is 0.168. The van der Waals surface area contributed by atoms with Crippen LogP contribution in [0.5, 0.6) is 0 Å². The molecule has 0 aliphatic carbocycles. The standard InChI is InChI=1S/C19H19FN2O4/c1-21-19(25)14-6-4-7-15(11-14)22-17(23)12-26-18(24)10-9-13-5-2-3-8-16(13)20/h2-8,11H,9-10,12H2,1H3,(H,21,25)(H,22,23). The van der Waals surface area contributed by atoms with Crippen molar-refractivity contribution >= 4 is 23.5 Å². The number of benzene rings is 2. The Balaban J connectivity index is 1.78. The molecule has 7 heteroatoms. The fourth-order valence-corrected chi connectivity index (χ4v) is 2.24. The van der Waals surface area contributed by atoms with Crippen molar-refractivity contribution in [3.63, 3.8) is 0 Å². The van der Waals surface area contributed by atoms with Crippen molar-refractivity contribution in [1.82, 2.24) is 5.32 Å². The lowest BCUT2D eigenvalue weighted by molar-refractivity contribution is -0.147. The second-order valence-electron chi connectivity index (χ2n) is 5.46. The number of hydrogen-bond acceptors (Lipinski definition) is 4. The number of carbonyl (C=O) groups excluding carboxylic acids is 3.